The lowest BCUT2D eigenvalue weighted by Gasteiger charge is -2.35. The Morgan fingerprint density at radius 2 is 1.92 bits per heavy atom. The summed E-state index contributed by atoms with van der Waals surface area (Å²) < 4.78 is 11.2. The molecule has 0 N–H and O–H groups in total. The summed E-state index contributed by atoms with van der Waals surface area (Å²) in [4.78, 5) is 0. The first-order chi connectivity index (χ1) is 6.18. The SMILES string of the molecule is CC1(CBr)C=CC2(CC1)OCCO2. The number of hydrogen-bond acceptors (Lipinski definition) is 2. The summed E-state index contributed by atoms with van der Waals surface area (Å²) in [5.74, 6) is -0.373. The molecule has 1 atom stereocenters. The number of alkyl halides is 1. The zero-order valence-corrected chi connectivity index (χ0v) is 9.47. The van der Waals surface area contributed by atoms with Crippen LogP contribution in [-0.2, 0) is 9.47 Å². The van der Waals surface area contributed by atoms with Crippen molar-refractivity contribution in [3.05, 3.63) is 12.2 Å². The molecule has 0 radical (unpaired) electrons. The van der Waals surface area contributed by atoms with E-state index in [1.165, 1.54) is 0 Å². The van der Waals surface area contributed by atoms with Crippen molar-refractivity contribution in [3.8, 4) is 0 Å². The Labute approximate surface area is 87.4 Å². The minimum atomic E-state index is -0.373. The molecule has 2 nitrogen and oxygen atoms in total. The maximum atomic E-state index is 5.59. The van der Waals surface area contributed by atoms with Crippen molar-refractivity contribution in [2.24, 2.45) is 5.41 Å². The van der Waals surface area contributed by atoms with E-state index >= 15 is 0 Å². The molecule has 1 unspecified atom stereocenters. The first-order valence-electron chi connectivity index (χ1n) is 4.72. The molecule has 2 rings (SSSR count). The molecule has 1 heterocycles. The Hall–Kier alpha value is 0.140. The molecule has 74 valence electrons. The molecule has 0 amide bonds. The van der Waals surface area contributed by atoms with Crippen molar-refractivity contribution < 1.29 is 9.47 Å². The number of rotatable bonds is 1. The van der Waals surface area contributed by atoms with E-state index in [0.29, 0.717) is 0 Å². The Morgan fingerprint density at radius 3 is 2.38 bits per heavy atom. The summed E-state index contributed by atoms with van der Waals surface area (Å²) in [5, 5.41) is 1.01. The number of hydrogen-bond donors (Lipinski definition) is 0. The lowest BCUT2D eigenvalue weighted by Crippen LogP contribution is -2.34. The van der Waals surface area contributed by atoms with E-state index in [-0.39, 0.29) is 11.2 Å². The van der Waals surface area contributed by atoms with Gasteiger partial charge < -0.3 is 9.47 Å². The molecule has 1 spiro atoms. The van der Waals surface area contributed by atoms with Gasteiger partial charge in [-0.2, -0.15) is 0 Å². The molecule has 1 aliphatic heterocycles. The van der Waals surface area contributed by atoms with Gasteiger partial charge in [0.2, 0.25) is 0 Å². The van der Waals surface area contributed by atoms with E-state index in [2.05, 4.69) is 35.0 Å². The Balaban J connectivity index is 2.11. The van der Waals surface area contributed by atoms with E-state index < -0.39 is 0 Å². The molecule has 3 heteroatoms. The second-order valence-corrected chi connectivity index (χ2v) is 4.69. The summed E-state index contributed by atoms with van der Waals surface area (Å²) in [7, 11) is 0. The molecule has 0 saturated carbocycles. The smallest absolute Gasteiger partial charge is 0.188 e. The third kappa shape index (κ3) is 1.83. The predicted molar refractivity (Wildman–Crippen MR) is 54.9 cm³/mol. The fraction of sp³-hybridized carbons (Fsp3) is 0.800. The highest BCUT2D eigenvalue weighted by atomic mass is 79.9. The molecule has 1 saturated heterocycles. The van der Waals surface area contributed by atoms with Crippen LogP contribution in [0.4, 0.5) is 0 Å². The summed E-state index contributed by atoms with van der Waals surface area (Å²) >= 11 is 3.53. The standard InChI is InChI=1S/C10H15BrO2/c1-9(8-11)2-4-10(5-3-9)12-6-7-13-10/h2,4H,3,5-8H2,1H3. The van der Waals surface area contributed by atoms with Crippen LogP contribution in [0, 0.1) is 5.41 Å². The Morgan fingerprint density at radius 1 is 1.23 bits per heavy atom. The second kappa shape index (κ2) is 3.37. The van der Waals surface area contributed by atoms with Gasteiger partial charge in [-0.05, 0) is 17.9 Å². The summed E-state index contributed by atoms with van der Waals surface area (Å²) in [5.41, 5.74) is 0.278. The summed E-state index contributed by atoms with van der Waals surface area (Å²) in [6.45, 7) is 3.71. The van der Waals surface area contributed by atoms with Gasteiger partial charge in [-0.15, -0.1) is 0 Å². The lowest BCUT2D eigenvalue weighted by atomic mass is 9.81. The average molecular weight is 247 g/mol. The van der Waals surface area contributed by atoms with Crippen LogP contribution in [0.1, 0.15) is 19.8 Å². The van der Waals surface area contributed by atoms with Gasteiger partial charge in [0.1, 0.15) is 0 Å². The first-order valence-corrected chi connectivity index (χ1v) is 5.85. The molecule has 0 aromatic heterocycles. The topological polar surface area (TPSA) is 18.5 Å². The van der Waals surface area contributed by atoms with E-state index in [9.17, 15) is 0 Å². The fourth-order valence-corrected chi connectivity index (χ4v) is 2.24. The minimum absolute atomic E-state index is 0.278. The predicted octanol–water partition coefficient (Wildman–Crippen LogP) is 2.48. The van der Waals surface area contributed by atoms with E-state index in [1.54, 1.807) is 0 Å². The van der Waals surface area contributed by atoms with Gasteiger partial charge in [0.05, 0.1) is 13.2 Å². The van der Waals surface area contributed by atoms with Crippen LogP contribution >= 0.6 is 15.9 Å². The van der Waals surface area contributed by atoms with Gasteiger partial charge in [0, 0.05) is 11.8 Å². The molecule has 1 aliphatic carbocycles. The van der Waals surface area contributed by atoms with E-state index in [0.717, 1.165) is 31.4 Å². The van der Waals surface area contributed by atoms with Gasteiger partial charge in [0.25, 0.3) is 0 Å². The first kappa shape index (κ1) is 9.69. The van der Waals surface area contributed by atoms with Crippen LogP contribution in [0.5, 0.6) is 0 Å². The number of ether oxygens (including phenoxy) is 2. The summed E-state index contributed by atoms with van der Waals surface area (Å²) in [6.07, 6.45) is 6.40. The van der Waals surface area contributed by atoms with Crippen molar-refractivity contribution in [3.63, 3.8) is 0 Å². The normalized spacial score (nSPS) is 37.1. The molecular formula is C10H15BrO2. The number of halogens is 1. The van der Waals surface area contributed by atoms with Crippen LogP contribution in [-0.4, -0.2) is 24.3 Å². The third-order valence-electron chi connectivity index (χ3n) is 2.87. The molecule has 2 aliphatic rings. The molecular weight excluding hydrogens is 232 g/mol. The van der Waals surface area contributed by atoms with Crippen molar-refractivity contribution in [1.82, 2.24) is 0 Å². The van der Waals surface area contributed by atoms with Crippen molar-refractivity contribution in [2.75, 3.05) is 18.5 Å². The van der Waals surface area contributed by atoms with Crippen molar-refractivity contribution in [1.29, 1.82) is 0 Å². The highest BCUT2D eigenvalue weighted by Gasteiger charge is 2.39. The van der Waals surface area contributed by atoms with Crippen LogP contribution in [0.3, 0.4) is 0 Å². The maximum absolute atomic E-state index is 5.59. The molecule has 1 fully saturated rings. The largest absolute Gasteiger partial charge is 0.344 e. The zero-order chi connectivity index (χ0) is 9.36. The quantitative estimate of drug-likeness (QED) is 0.523. The zero-order valence-electron chi connectivity index (χ0n) is 7.88. The average Bonchev–Trinajstić information content (AvgIpc) is 2.61. The van der Waals surface area contributed by atoms with Crippen LogP contribution in [0.15, 0.2) is 12.2 Å². The minimum Gasteiger partial charge on any atom is -0.344 e. The van der Waals surface area contributed by atoms with Crippen LogP contribution in [0.25, 0.3) is 0 Å². The molecule has 0 bridgehead atoms. The lowest BCUT2D eigenvalue weighted by molar-refractivity contribution is -0.130. The van der Waals surface area contributed by atoms with Gasteiger partial charge >= 0.3 is 0 Å². The highest BCUT2D eigenvalue weighted by molar-refractivity contribution is 9.09. The fourth-order valence-electron chi connectivity index (χ4n) is 1.78. The molecule has 0 aromatic rings. The number of allylic oxidation sites excluding steroid dienone is 1. The van der Waals surface area contributed by atoms with E-state index in [4.69, 9.17) is 9.47 Å². The second-order valence-electron chi connectivity index (χ2n) is 4.13. The third-order valence-corrected chi connectivity index (χ3v) is 4.15. The Bertz CT molecular complexity index is 221. The monoisotopic (exact) mass is 246 g/mol. The highest BCUT2D eigenvalue weighted by Crippen LogP contribution is 2.40. The van der Waals surface area contributed by atoms with Crippen LogP contribution < -0.4 is 0 Å². The molecule has 13 heavy (non-hydrogen) atoms. The van der Waals surface area contributed by atoms with Gasteiger partial charge in [0.15, 0.2) is 5.79 Å². The summed E-state index contributed by atoms with van der Waals surface area (Å²) in [6, 6.07) is 0. The maximum Gasteiger partial charge on any atom is 0.188 e. The van der Waals surface area contributed by atoms with Crippen molar-refractivity contribution in [2.45, 2.75) is 25.6 Å². The van der Waals surface area contributed by atoms with Crippen molar-refractivity contribution >= 4 is 15.9 Å². The van der Waals surface area contributed by atoms with Gasteiger partial charge in [-0.1, -0.05) is 28.9 Å². The molecule has 0 aromatic carbocycles. The van der Waals surface area contributed by atoms with E-state index in [1.807, 2.05) is 0 Å². The van der Waals surface area contributed by atoms with Crippen LogP contribution in [0.2, 0.25) is 0 Å². The van der Waals surface area contributed by atoms with Gasteiger partial charge in [-0.25, -0.2) is 0 Å². The van der Waals surface area contributed by atoms with Gasteiger partial charge in [-0.3, -0.25) is 0 Å². The Kier molecular flexibility index (Phi) is 2.51.